The highest BCUT2D eigenvalue weighted by Crippen LogP contribution is 2.22. The molecule has 1 aromatic carbocycles. The zero-order valence-electron chi connectivity index (χ0n) is 11.2. The van der Waals surface area contributed by atoms with Gasteiger partial charge in [0.2, 0.25) is 0 Å². The molecule has 2 N–H and O–H groups in total. The molecule has 1 aliphatic rings. The van der Waals surface area contributed by atoms with Gasteiger partial charge in [-0.25, -0.2) is 4.79 Å². The summed E-state index contributed by atoms with van der Waals surface area (Å²) in [4.78, 5) is 24.7. The van der Waals surface area contributed by atoms with Crippen molar-refractivity contribution in [1.29, 1.82) is 0 Å². The van der Waals surface area contributed by atoms with E-state index in [9.17, 15) is 14.7 Å². The molecule has 108 valence electrons. The van der Waals surface area contributed by atoms with Crippen LogP contribution >= 0.6 is 11.8 Å². The van der Waals surface area contributed by atoms with Crippen LogP contribution in [-0.4, -0.2) is 42.0 Å². The van der Waals surface area contributed by atoms with Crippen LogP contribution in [0.3, 0.4) is 0 Å². The number of thioether (sulfide) groups is 1. The first-order valence-electron chi connectivity index (χ1n) is 6.35. The Labute approximate surface area is 121 Å². The second-order valence-electron chi connectivity index (χ2n) is 4.68. The third kappa shape index (κ3) is 3.13. The van der Waals surface area contributed by atoms with Gasteiger partial charge in [-0.15, -0.1) is 11.8 Å². The van der Waals surface area contributed by atoms with Gasteiger partial charge in [-0.1, -0.05) is 0 Å². The van der Waals surface area contributed by atoms with Gasteiger partial charge in [0, 0.05) is 36.5 Å². The highest BCUT2D eigenvalue weighted by molar-refractivity contribution is 7.98. The van der Waals surface area contributed by atoms with Crippen molar-refractivity contribution in [3.8, 4) is 0 Å². The van der Waals surface area contributed by atoms with Crippen molar-refractivity contribution in [3.05, 3.63) is 29.8 Å². The fraction of sp³-hybridized carbons (Fsp3) is 0.429. The Morgan fingerprint density at radius 3 is 2.35 bits per heavy atom. The first-order chi connectivity index (χ1) is 9.57. The van der Waals surface area contributed by atoms with Gasteiger partial charge >= 0.3 is 5.97 Å². The first kappa shape index (κ1) is 14.9. The molecular weight excluding hydrogens is 278 g/mol. The summed E-state index contributed by atoms with van der Waals surface area (Å²) in [7, 11) is 0. The number of benzene rings is 1. The number of amides is 1. The third-order valence-corrected chi connectivity index (χ3v) is 4.20. The van der Waals surface area contributed by atoms with Crippen LogP contribution in [0.1, 0.15) is 23.2 Å². The third-order valence-electron chi connectivity index (χ3n) is 3.46. The number of carboxylic acid groups (broad SMARTS) is 1. The first-order valence-corrected chi connectivity index (χ1v) is 7.57. The maximum absolute atomic E-state index is 12.2. The van der Waals surface area contributed by atoms with Gasteiger partial charge in [0.1, 0.15) is 5.54 Å². The maximum Gasteiger partial charge on any atom is 0.329 e. The van der Waals surface area contributed by atoms with E-state index in [0.29, 0.717) is 18.8 Å². The van der Waals surface area contributed by atoms with Crippen LogP contribution in [0.25, 0.3) is 0 Å². The fourth-order valence-electron chi connectivity index (χ4n) is 2.14. The standard InChI is InChI=1S/C14H17NO4S/c1-20-11-4-2-10(3-5-11)12(16)15-14(13(17)18)6-8-19-9-7-14/h2-5H,6-9H2,1H3,(H,15,16)(H,17,18). The van der Waals surface area contributed by atoms with E-state index in [1.165, 1.54) is 0 Å². The molecule has 1 amide bonds. The van der Waals surface area contributed by atoms with Gasteiger partial charge in [0.05, 0.1) is 0 Å². The Hall–Kier alpha value is -1.53. The Bertz CT molecular complexity index is 494. The van der Waals surface area contributed by atoms with Crippen LogP contribution in [0, 0.1) is 0 Å². The van der Waals surface area contributed by atoms with Crippen LogP contribution in [0.15, 0.2) is 29.2 Å². The predicted octanol–water partition coefficient (Wildman–Crippen LogP) is 1.77. The van der Waals surface area contributed by atoms with E-state index >= 15 is 0 Å². The van der Waals surface area contributed by atoms with Crippen molar-refractivity contribution in [2.45, 2.75) is 23.3 Å². The van der Waals surface area contributed by atoms with E-state index in [2.05, 4.69) is 5.32 Å². The Kier molecular flexibility index (Phi) is 4.67. The van der Waals surface area contributed by atoms with Crippen molar-refractivity contribution in [2.75, 3.05) is 19.5 Å². The van der Waals surface area contributed by atoms with Crippen molar-refractivity contribution in [2.24, 2.45) is 0 Å². The topological polar surface area (TPSA) is 75.6 Å². The highest BCUT2D eigenvalue weighted by Gasteiger charge is 2.41. The molecule has 0 aliphatic carbocycles. The minimum Gasteiger partial charge on any atom is -0.480 e. The van der Waals surface area contributed by atoms with Crippen LogP contribution in [0.5, 0.6) is 0 Å². The van der Waals surface area contributed by atoms with Crippen LogP contribution in [0.4, 0.5) is 0 Å². The van der Waals surface area contributed by atoms with E-state index in [4.69, 9.17) is 4.74 Å². The zero-order valence-corrected chi connectivity index (χ0v) is 12.0. The number of aliphatic carboxylic acids is 1. The van der Waals surface area contributed by atoms with E-state index in [-0.39, 0.29) is 18.7 Å². The van der Waals surface area contributed by atoms with Gasteiger partial charge in [0.25, 0.3) is 5.91 Å². The monoisotopic (exact) mass is 295 g/mol. The zero-order chi connectivity index (χ0) is 14.6. The molecule has 0 unspecified atom stereocenters. The van der Waals surface area contributed by atoms with Gasteiger partial charge in [-0.3, -0.25) is 4.79 Å². The fourth-order valence-corrected chi connectivity index (χ4v) is 2.55. The molecule has 1 fully saturated rings. The average molecular weight is 295 g/mol. The molecule has 1 saturated heterocycles. The lowest BCUT2D eigenvalue weighted by atomic mass is 9.89. The number of carboxylic acids is 1. The number of hydrogen-bond donors (Lipinski definition) is 2. The summed E-state index contributed by atoms with van der Waals surface area (Å²) in [6.45, 7) is 0.690. The Morgan fingerprint density at radius 1 is 1.25 bits per heavy atom. The lowest BCUT2D eigenvalue weighted by Gasteiger charge is -2.33. The Balaban J connectivity index is 2.13. The molecule has 0 bridgehead atoms. The quantitative estimate of drug-likeness (QED) is 0.828. The molecule has 0 saturated carbocycles. The average Bonchev–Trinajstić information content (AvgIpc) is 2.48. The summed E-state index contributed by atoms with van der Waals surface area (Å²) in [5, 5.41) is 12.1. The predicted molar refractivity (Wildman–Crippen MR) is 76.1 cm³/mol. The molecule has 0 atom stereocenters. The SMILES string of the molecule is CSc1ccc(C(=O)NC2(C(=O)O)CCOCC2)cc1. The van der Waals surface area contributed by atoms with Crippen molar-refractivity contribution in [3.63, 3.8) is 0 Å². The van der Waals surface area contributed by atoms with E-state index in [0.717, 1.165) is 4.90 Å². The molecule has 5 nitrogen and oxygen atoms in total. The van der Waals surface area contributed by atoms with Crippen LogP contribution < -0.4 is 5.32 Å². The Morgan fingerprint density at radius 2 is 1.85 bits per heavy atom. The van der Waals surface area contributed by atoms with E-state index in [1.807, 2.05) is 18.4 Å². The molecule has 6 heteroatoms. The minimum atomic E-state index is -1.21. The number of carbonyl (C=O) groups excluding carboxylic acids is 1. The second kappa shape index (κ2) is 6.28. The minimum absolute atomic E-state index is 0.289. The van der Waals surface area contributed by atoms with Gasteiger partial charge in [-0.2, -0.15) is 0 Å². The molecule has 1 aliphatic heterocycles. The molecule has 0 aromatic heterocycles. The van der Waals surface area contributed by atoms with Crippen molar-refractivity contribution in [1.82, 2.24) is 5.32 Å². The van der Waals surface area contributed by atoms with Gasteiger partial charge in [0.15, 0.2) is 0 Å². The summed E-state index contributed by atoms with van der Waals surface area (Å²) in [5.41, 5.74) is -0.747. The van der Waals surface area contributed by atoms with Crippen molar-refractivity contribution < 1.29 is 19.4 Å². The lowest BCUT2D eigenvalue weighted by molar-refractivity contribution is -0.148. The van der Waals surface area contributed by atoms with E-state index < -0.39 is 11.5 Å². The highest BCUT2D eigenvalue weighted by atomic mass is 32.2. The summed E-state index contributed by atoms with van der Waals surface area (Å²) < 4.78 is 5.18. The van der Waals surface area contributed by atoms with Gasteiger partial charge in [-0.05, 0) is 30.5 Å². The summed E-state index contributed by atoms with van der Waals surface area (Å²) in [5.74, 6) is -1.36. The van der Waals surface area contributed by atoms with Crippen LogP contribution in [0.2, 0.25) is 0 Å². The lowest BCUT2D eigenvalue weighted by Crippen LogP contribution is -2.57. The molecular formula is C14H17NO4S. The summed E-state index contributed by atoms with van der Waals surface area (Å²) >= 11 is 1.59. The summed E-state index contributed by atoms with van der Waals surface area (Å²) in [6.07, 6.45) is 2.53. The number of hydrogen-bond acceptors (Lipinski definition) is 4. The molecule has 2 rings (SSSR count). The molecule has 20 heavy (non-hydrogen) atoms. The smallest absolute Gasteiger partial charge is 0.329 e. The summed E-state index contributed by atoms with van der Waals surface area (Å²) in [6, 6.07) is 7.10. The largest absolute Gasteiger partial charge is 0.480 e. The van der Waals surface area contributed by atoms with E-state index in [1.54, 1.807) is 23.9 Å². The molecule has 0 spiro atoms. The normalized spacial score (nSPS) is 17.4. The number of ether oxygens (including phenoxy) is 1. The number of rotatable bonds is 4. The molecule has 0 radical (unpaired) electrons. The van der Waals surface area contributed by atoms with Crippen LogP contribution in [-0.2, 0) is 9.53 Å². The molecule has 1 heterocycles. The maximum atomic E-state index is 12.2. The molecule has 1 aromatic rings. The van der Waals surface area contributed by atoms with Gasteiger partial charge < -0.3 is 15.2 Å². The number of nitrogens with one attached hydrogen (secondary N) is 1. The number of carbonyl (C=O) groups is 2. The van der Waals surface area contributed by atoms with Crippen molar-refractivity contribution >= 4 is 23.6 Å². The second-order valence-corrected chi connectivity index (χ2v) is 5.56.